The highest BCUT2D eigenvalue weighted by Crippen LogP contribution is 2.24. The maximum Gasteiger partial charge on any atom is 0.224 e. The molecule has 2 heterocycles. The number of amides is 2. The third-order valence-corrected chi connectivity index (χ3v) is 6.45. The number of anilines is 1. The fourth-order valence-electron chi connectivity index (χ4n) is 4.54. The van der Waals surface area contributed by atoms with E-state index in [9.17, 15) is 9.59 Å². The summed E-state index contributed by atoms with van der Waals surface area (Å²) in [6.45, 7) is 4.12. The van der Waals surface area contributed by atoms with E-state index in [1.165, 1.54) is 0 Å². The number of methoxy groups -OCH3 is 1. The zero-order valence-corrected chi connectivity index (χ0v) is 19.4. The smallest absolute Gasteiger partial charge is 0.224 e. The van der Waals surface area contributed by atoms with E-state index in [1.807, 2.05) is 58.9 Å². The molecule has 0 spiro atoms. The van der Waals surface area contributed by atoms with Gasteiger partial charge in [0.15, 0.2) is 0 Å². The molecule has 1 aliphatic rings. The molecule has 1 atom stereocenters. The predicted octanol–water partition coefficient (Wildman–Crippen LogP) is 4.40. The van der Waals surface area contributed by atoms with Crippen LogP contribution < -0.4 is 10.1 Å². The minimum atomic E-state index is 0.0127. The lowest BCUT2D eigenvalue weighted by Gasteiger charge is -2.33. The van der Waals surface area contributed by atoms with Crippen LogP contribution in [0.25, 0.3) is 11.0 Å². The molecule has 1 aliphatic heterocycles. The van der Waals surface area contributed by atoms with Gasteiger partial charge in [0, 0.05) is 38.2 Å². The van der Waals surface area contributed by atoms with Crippen LogP contribution in [0.3, 0.4) is 0 Å². The van der Waals surface area contributed by atoms with E-state index in [-0.39, 0.29) is 11.8 Å². The first-order valence-corrected chi connectivity index (χ1v) is 11.7. The average molecular weight is 449 g/mol. The topological polar surface area (TPSA) is 76.5 Å². The second kappa shape index (κ2) is 10.5. The predicted molar refractivity (Wildman–Crippen MR) is 129 cm³/mol. The van der Waals surface area contributed by atoms with E-state index in [0.717, 1.165) is 60.4 Å². The van der Waals surface area contributed by atoms with Crippen molar-refractivity contribution in [2.45, 2.75) is 45.6 Å². The highest BCUT2D eigenvalue weighted by atomic mass is 16.5. The van der Waals surface area contributed by atoms with Crippen LogP contribution in [0.5, 0.6) is 5.75 Å². The molecule has 0 unspecified atom stereocenters. The van der Waals surface area contributed by atoms with Crippen molar-refractivity contribution in [1.29, 1.82) is 0 Å². The number of nitrogens with one attached hydrogen (secondary N) is 1. The fraction of sp³-hybridized carbons (Fsp3) is 0.423. The van der Waals surface area contributed by atoms with E-state index >= 15 is 0 Å². The van der Waals surface area contributed by atoms with E-state index in [4.69, 9.17) is 4.74 Å². The lowest BCUT2D eigenvalue weighted by Crippen LogP contribution is -2.40. The number of aromatic nitrogens is 2. The van der Waals surface area contributed by atoms with E-state index < -0.39 is 0 Å². The zero-order valence-electron chi connectivity index (χ0n) is 19.4. The number of ether oxygens (including phenoxy) is 1. The minimum Gasteiger partial charge on any atom is -0.497 e. The Morgan fingerprint density at radius 1 is 1.18 bits per heavy atom. The van der Waals surface area contributed by atoms with E-state index in [2.05, 4.69) is 10.3 Å². The molecule has 1 saturated heterocycles. The molecule has 4 rings (SSSR count). The Bertz CT molecular complexity index is 1120. The summed E-state index contributed by atoms with van der Waals surface area (Å²) in [4.78, 5) is 31.7. The number of hydrogen-bond acceptors (Lipinski definition) is 4. The third-order valence-electron chi connectivity index (χ3n) is 6.45. The summed E-state index contributed by atoms with van der Waals surface area (Å²) in [7, 11) is 1.63. The number of piperidine rings is 1. The quantitative estimate of drug-likeness (QED) is 0.554. The number of carbonyl (C=O) groups is 2. The van der Waals surface area contributed by atoms with Crippen molar-refractivity contribution in [3.63, 3.8) is 0 Å². The normalized spacial score (nSPS) is 16.1. The van der Waals surface area contributed by atoms with Gasteiger partial charge in [-0.3, -0.25) is 9.59 Å². The molecular weight excluding hydrogens is 416 g/mol. The molecule has 3 aromatic rings. The van der Waals surface area contributed by atoms with Crippen molar-refractivity contribution in [2.24, 2.45) is 5.92 Å². The van der Waals surface area contributed by atoms with Crippen LogP contribution in [0, 0.1) is 12.8 Å². The number of imidazole rings is 1. The maximum atomic E-state index is 12.8. The number of nitrogens with zero attached hydrogens (tertiary/aromatic N) is 3. The van der Waals surface area contributed by atoms with Gasteiger partial charge in [0.05, 0.1) is 24.5 Å². The Balaban J connectivity index is 1.24. The molecule has 7 heteroatoms. The van der Waals surface area contributed by atoms with Crippen molar-refractivity contribution in [1.82, 2.24) is 14.5 Å². The van der Waals surface area contributed by atoms with Crippen LogP contribution in [0.1, 0.15) is 37.7 Å². The number of likely N-dealkylation sites (tertiary alicyclic amines) is 1. The number of para-hydroxylation sites is 2. The van der Waals surface area contributed by atoms with Gasteiger partial charge in [-0.15, -0.1) is 0 Å². The van der Waals surface area contributed by atoms with Crippen LogP contribution >= 0.6 is 0 Å². The number of benzene rings is 2. The summed E-state index contributed by atoms with van der Waals surface area (Å²) in [5.74, 6) is 1.33. The summed E-state index contributed by atoms with van der Waals surface area (Å²) in [6.07, 6.45) is 5.56. The molecule has 33 heavy (non-hydrogen) atoms. The van der Waals surface area contributed by atoms with Gasteiger partial charge in [-0.2, -0.15) is 0 Å². The van der Waals surface area contributed by atoms with Crippen molar-refractivity contribution in [2.75, 3.05) is 25.5 Å². The van der Waals surface area contributed by atoms with Gasteiger partial charge < -0.3 is 19.5 Å². The Hall–Kier alpha value is -3.35. The third kappa shape index (κ3) is 5.72. The van der Waals surface area contributed by atoms with Crippen molar-refractivity contribution in [3.8, 4) is 5.75 Å². The Morgan fingerprint density at radius 3 is 2.85 bits per heavy atom. The lowest BCUT2D eigenvalue weighted by atomic mass is 9.93. The molecular formula is C26H32N4O3. The van der Waals surface area contributed by atoms with Crippen molar-refractivity contribution >= 4 is 28.5 Å². The summed E-state index contributed by atoms with van der Waals surface area (Å²) >= 11 is 0. The summed E-state index contributed by atoms with van der Waals surface area (Å²) in [5.41, 5.74) is 3.79. The van der Waals surface area contributed by atoms with Gasteiger partial charge in [-0.05, 0) is 68.0 Å². The first-order chi connectivity index (χ1) is 16.0. The maximum absolute atomic E-state index is 12.8. The number of aryl methyl sites for hydroxylation is 2. The number of fused-ring (bicyclic) bond motifs is 1. The molecule has 2 aromatic carbocycles. The fourth-order valence-corrected chi connectivity index (χ4v) is 4.54. The first kappa shape index (κ1) is 22.8. The zero-order chi connectivity index (χ0) is 23.2. The lowest BCUT2D eigenvalue weighted by molar-refractivity contribution is -0.133. The second-order valence-electron chi connectivity index (χ2n) is 8.79. The number of carbonyl (C=O) groups excluding carboxylic acids is 2. The SMILES string of the molecule is COc1ccc(NC(=O)CC[C@H]2CCCN(C(=O)CCn3cnc4ccccc43)C2)c(C)c1. The number of hydrogen-bond donors (Lipinski definition) is 1. The largest absolute Gasteiger partial charge is 0.497 e. The number of rotatable bonds is 8. The molecule has 0 radical (unpaired) electrons. The van der Waals surface area contributed by atoms with Crippen molar-refractivity contribution < 1.29 is 14.3 Å². The molecule has 1 aromatic heterocycles. The highest BCUT2D eigenvalue weighted by molar-refractivity contribution is 5.91. The summed E-state index contributed by atoms with van der Waals surface area (Å²) < 4.78 is 7.26. The van der Waals surface area contributed by atoms with Crippen LogP contribution in [0.2, 0.25) is 0 Å². The molecule has 0 bridgehead atoms. The molecule has 174 valence electrons. The Kier molecular flexibility index (Phi) is 7.27. The van der Waals surface area contributed by atoms with E-state index in [1.54, 1.807) is 13.4 Å². The second-order valence-corrected chi connectivity index (χ2v) is 8.79. The summed E-state index contributed by atoms with van der Waals surface area (Å²) in [6, 6.07) is 13.6. The molecule has 7 nitrogen and oxygen atoms in total. The standard InChI is InChI=1S/C26H32N4O3/c1-19-16-21(33-2)10-11-22(19)28-25(31)12-9-20-6-5-14-29(17-20)26(32)13-15-30-18-27-23-7-3-4-8-24(23)30/h3-4,7-8,10-11,16,18,20H,5-6,9,12-15,17H2,1-2H3,(H,28,31)/t20-/m1/s1. The van der Waals surface area contributed by atoms with Crippen LogP contribution in [-0.2, 0) is 16.1 Å². The molecule has 0 saturated carbocycles. The van der Waals surface area contributed by atoms with Gasteiger partial charge in [0.1, 0.15) is 5.75 Å². The molecule has 1 N–H and O–H groups in total. The Morgan fingerprint density at radius 2 is 2.03 bits per heavy atom. The highest BCUT2D eigenvalue weighted by Gasteiger charge is 2.24. The van der Waals surface area contributed by atoms with Crippen molar-refractivity contribution in [3.05, 3.63) is 54.4 Å². The Labute approximate surface area is 194 Å². The van der Waals surface area contributed by atoms with Gasteiger partial charge in [-0.25, -0.2) is 4.98 Å². The van der Waals surface area contributed by atoms with Gasteiger partial charge in [0.25, 0.3) is 0 Å². The molecule has 0 aliphatic carbocycles. The first-order valence-electron chi connectivity index (χ1n) is 11.7. The molecule has 2 amide bonds. The minimum absolute atomic E-state index is 0.0127. The van der Waals surface area contributed by atoms with E-state index in [0.29, 0.717) is 25.3 Å². The van der Waals surface area contributed by atoms with Crippen LogP contribution in [0.4, 0.5) is 5.69 Å². The summed E-state index contributed by atoms with van der Waals surface area (Å²) in [5, 5.41) is 3.00. The monoisotopic (exact) mass is 448 g/mol. The average Bonchev–Trinajstić information content (AvgIpc) is 3.26. The molecule has 1 fully saturated rings. The van der Waals surface area contributed by atoms with Gasteiger partial charge in [0.2, 0.25) is 11.8 Å². The van der Waals surface area contributed by atoms with Gasteiger partial charge in [-0.1, -0.05) is 12.1 Å². The van der Waals surface area contributed by atoms with Crippen LogP contribution in [-0.4, -0.2) is 46.5 Å². The van der Waals surface area contributed by atoms with Gasteiger partial charge >= 0.3 is 0 Å². The van der Waals surface area contributed by atoms with Crippen LogP contribution in [0.15, 0.2) is 48.8 Å².